The summed E-state index contributed by atoms with van der Waals surface area (Å²) in [5.74, 6) is -1.37. The van der Waals surface area contributed by atoms with Crippen LogP contribution in [0.25, 0.3) is 0 Å². The molecule has 9 heteroatoms. The molecule has 2 rings (SSSR count). The van der Waals surface area contributed by atoms with Crippen LogP contribution in [0, 0.1) is 5.82 Å². The van der Waals surface area contributed by atoms with Crippen LogP contribution in [-0.2, 0) is 20.6 Å². The van der Waals surface area contributed by atoms with Gasteiger partial charge in [-0.2, -0.15) is 0 Å². The summed E-state index contributed by atoms with van der Waals surface area (Å²) >= 11 is 11.6. The van der Waals surface area contributed by atoms with Crippen LogP contribution in [0.4, 0.5) is 10.1 Å². The first-order chi connectivity index (χ1) is 11.2. The second-order valence-electron chi connectivity index (χ2n) is 4.91. The topological polar surface area (TPSA) is 75.3 Å². The molecule has 0 aliphatic rings. The van der Waals surface area contributed by atoms with Gasteiger partial charge in [-0.1, -0.05) is 23.2 Å². The third kappa shape index (κ3) is 6.09. The van der Waals surface area contributed by atoms with E-state index in [1.807, 2.05) is 0 Å². The Morgan fingerprint density at radius 1 is 1.04 bits per heavy atom. The van der Waals surface area contributed by atoms with Crippen molar-refractivity contribution >= 4 is 44.8 Å². The van der Waals surface area contributed by atoms with Crippen molar-refractivity contribution in [3.05, 3.63) is 63.9 Å². The average Bonchev–Trinajstić information content (AvgIpc) is 2.46. The fraction of sp³-hybridized carbons (Fsp3) is 0.133. The normalized spacial score (nSPS) is 11.3. The molecule has 2 aromatic rings. The Bertz CT molecular complexity index is 822. The van der Waals surface area contributed by atoms with Crippen molar-refractivity contribution in [2.45, 2.75) is 5.75 Å². The van der Waals surface area contributed by atoms with E-state index in [9.17, 15) is 17.6 Å². The molecule has 0 aliphatic heterocycles. The molecule has 0 aliphatic carbocycles. The van der Waals surface area contributed by atoms with Crippen molar-refractivity contribution in [1.29, 1.82) is 0 Å². The quantitative estimate of drug-likeness (QED) is 0.794. The zero-order valence-corrected chi connectivity index (χ0v) is 14.6. The van der Waals surface area contributed by atoms with E-state index in [0.717, 1.165) is 0 Å². The second-order valence-corrected chi connectivity index (χ2v) is 7.59. The molecule has 0 radical (unpaired) electrons. The molecular weight excluding hydrogens is 378 g/mol. The highest BCUT2D eigenvalue weighted by Crippen LogP contribution is 2.20. The van der Waals surface area contributed by atoms with Crippen molar-refractivity contribution in [3.63, 3.8) is 0 Å². The van der Waals surface area contributed by atoms with Gasteiger partial charge in [-0.3, -0.25) is 4.79 Å². The van der Waals surface area contributed by atoms with Crippen LogP contribution < -0.4 is 10.0 Å². The maximum absolute atomic E-state index is 12.8. The molecule has 0 saturated heterocycles. The highest BCUT2D eigenvalue weighted by molar-refractivity contribution is 7.88. The van der Waals surface area contributed by atoms with Crippen molar-refractivity contribution < 1.29 is 17.6 Å². The summed E-state index contributed by atoms with van der Waals surface area (Å²) in [5, 5.41) is 3.09. The average molecular weight is 391 g/mol. The first-order valence-corrected chi connectivity index (χ1v) is 9.12. The van der Waals surface area contributed by atoms with E-state index in [-0.39, 0.29) is 5.75 Å². The number of carbonyl (C=O) groups is 1. The number of amides is 1. The molecule has 0 atom stereocenters. The van der Waals surface area contributed by atoms with E-state index in [2.05, 4.69) is 10.0 Å². The highest BCUT2D eigenvalue weighted by atomic mass is 35.5. The molecule has 0 saturated carbocycles. The van der Waals surface area contributed by atoms with Gasteiger partial charge in [-0.05, 0) is 48.0 Å². The van der Waals surface area contributed by atoms with E-state index in [4.69, 9.17) is 23.2 Å². The van der Waals surface area contributed by atoms with E-state index < -0.39 is 28.3 Å². The fourth-order valence-corrected chi connectivity index (χ4v) is 3.51. The van der Waals surface area contributed by atoms with Gasteiger partial charge < -0.3 is 5.32 Å². The highest BCUT2D eigenvalue weighted by Gasteiger charge is 2.14. The SMILES string of the molecule is O=C(CNS(=O)(=O)Cc1cc(Cl)cc(Cl)c1)Nc1ccc(F)cc1. The Morgan fingerprint density at radius 3 is 2.21 bits per heavy atom. The lowest BCUT2D eigenvalue weighted by molar-refractivity contribution is -0.115. The summed E-state index contributed by atoms with van der Waals surface area (Å²) in [7, 11) is -3.75. The van der Waals surface area contributed by atoms with Crippen LogP contribution in [0.5, 0.6) is 0 Å². The Labute approximate surface area is 148 Å². The summed E-state index contributed by atoms with van der Waals surface area (Å²) < 4.78 is 38.9. The zero-order valence-electron chi connectivity index (χ0n) is 12.2. The number of hydrogen-bond acceptors (Lipinski definition) is 3. The van der Waals surface area contributed by atoms with Gasteiger partial charge in [0, 0.05) is 15.7 Å². The molecule has 128 valence electrons. The minimum absolute atomic E-state index is 0.321. The number of anilines is 1. The Hall–Kier alpha value is -1.67. The van der Waals surface area contributed by atoms with E-state index in [1.165, 1.54) is 42.5 Å². The van der Waals surface area contributed by atoms with Crippen LogP contribution in [-0.4, -0.2) is 20.9 Å². The summed E-state index contributed by atoms with van der Waals surface area (Å²) in [6.45, 7) is -0.450. The summed E-state index contributed by atoms with van der Waals surface area (Å²) in [6, 6.07) is 9.55. The van der Waals surface area contributed by atoms with Gasteiger partial charge in [0.25, 0.3) is 0 Å². The standard InChI is InChI=1S/C15H13Cl2FN2O3S/c16-11-5-10(6-12(17)7-11)9-24(22,23)19-8-15(21)20-14-3-1-13(18)2-4-14/h1-7,19H,8-9H2,(H,20,21). The molecule has 1 amide bonds. The van der Waals surface area contributed by atoms with Crippen molar-refractivity contribution in [1.82, 2.24) is 4.72 Å². The molecular formula is C15H13Cl2FN2O3S. The molecule has 0 unspecified atom stereocenters. The second kappa shape index (κ2) is 7.94. The van der Waals surface area contributed by atoms with E-state index >= 15 is 0 Å². The van der Waals surface area contributed by atoms with Crippen LogP contribution >= 0.6 is 23.2 Å². The lowest BCUT2D eigenvalue weighted by Gasteiger charge is -2.08. The Balaban J connectivity index is 1.91. The van der Waals surface area contributed by atoms with Crippen LogP contribution in [0.3, 0.4) is 0 Å². The monoisotopic (exact) mass is 390 g/mol. The molecule has 2 aromatic carbocycles. The minimum Gasteiger partial charge on any atom is -0.325 e. The third-order valence-corrected chi connectivity index (χ3v) is 4.59. The van der Waals surface area contributed by atoms with Crippen molar-refractivity contribution in [3.8, 4) is 0 Å². The van der Waals surface area contributed by atoms with Crippen LogP contribution in [0.15, 0.2) is 42.5 Å². The van der Waals surface area contributed by atoms with Crippen molar-refractivity contribution in [2.75, 3.05) is 11.9 Å². The maximum Gasteiger partial charge on any atom is 0.239 e. The number of rotatable bonds is 6. The summed E-state index contributed by atoms with van der Waals surface area (Å²) in [5.41, 5.74) is 0.765. The molecule has 5 nitrogen and oxygen atoms in total. The Kier molecular flexibility index (Phi) is 6.17. The minimum atomic E-state index is -3.75. The van der Waals surface area contributed by atoms with E-state index in [0.29, 0.717) is 21.3 Å². The number of nitrogens with one attached hydrogen (secondary N) is 2. The van der Waals surface area contributed by atoms with Gasteiger partial charge in [0.2, 0.25) is 15.9 Å². The molecule has 0 heterocycles. The maximum atomic E-state index is 12.8. The number of hydrogen-bond donors (Lipinski definition) is 2. The molecule has 0 bridgehead atoms. The van der Waals surface area contributed by atoms with Gasteiger partial charge >= 0.3 is 0 Å². The molecule has 0 aromatic heterocycles. The van der Waals surface area contributed by atoms with Gasteiger partial charge in [0.05, 0.1) is 12.3 Å². The zero-order chi connectivity index (χ0) is 17.7. The molecule has 0 fully saturated rings. The van der Waals surface area contributed by atoms with E-state index in [1.54, 1.807) is 0 Å². The predicted octanol–water partition coefficient (Wildman–Crippen LogP) is 3.19. The molecule has 24 heavy (non-hydrogen) atoms. The van der Waals surface area contributed by atoms with Crippen LogP contribution in [0.2, 0.25) is 10.0 Å². The van der Waals surface area contributed by atoms with Gasteiger partial charge in [-0.25, -0.2) is 17.5 Å². The lowest BCUT2D eigenvalue weighted by atomic mass is 10.2. The summed E-state index contributed by atoms with van der Waals surface area (Å²) in [6.07, 6.45) is 0. The van der Waals surface area contributed by atoms with Gasteiger partial charge in [0.15, 0.2) is 0 Å². The smallest absolute Gasteiger partial charge is 0.239 e. The molecule has 2 N–H and O–H groups in total. The fourth-order valence-electron chi connectivity index (χ4n) is 1.88. The predicted molar refractivity (Wildman–Crippen MR) is 92.1 cm³/mol. The van der Waals surface area contributed by atoms with Gasteiger partial charge in [-0.15, -0.1) is 0 Å². The van der Waals surface area contributed by atoms with Gasteiger partial charge in [0.1, 0.15) is 5.82 Å². The first kappa shape index (κ1) is 18.7. The lowest BCUT2D eigenvalue weighted by Crippen LogP contribution is -2.33. The number of carbonyl (C=O) groups excluding carboxylic acids is 1. The first-order valence-electron chi connectivity index (χ1n) is 6.71. The third-order valence-electron chi connectivity index (χ3n) is 2.86. The largest absolute Gasteiger partial charge is 0.325 e. The van der Waals surface area contributed by atoms with Crippen molar-refractivity contribution in [2.24, 2.45) is 0 Å². The number of halogens is 3. The molecule has 0 spiro atoms. The van der Waals surface area contributed by atoms with Crippen LogP contribution in [0.1, 0.15) is 5.56 Å². The number of benzene rings is 2. The number of sulfonamides is 1. The summed E-state index contributed by atoms with van der Waals surface area (Å²) in [4.78, 5) is 11.7. The Morgan fingerprint density at radius 2 is 1.62 bits per heavy atom.